The molecule has 0 radical (unpaired) electrons. The van der Waals surface area contributed by atoms with Crippen molar-refractivity contribution >= 4 is 13.3 Å². The molecule has 1 aromatic carbocycles. The second-order valence-corrected chi connectivity index (χ2v) is 11.0. The molecule has 1 heteroatoms. The van der Waals surface area contributed by atoms with Crippen molar-refractivity contribution in [1.82, 2.24) is 0 Å². The van der Waals surface area contributed by atoms with Gasteiger partial charge in [-0.05, 0) is 31.2 Å². The van der Waals surface area contributed by atoms with E-state index < -0.39 is 8.07 Å². The molecule has 1 unspecified atom stereocenters. The molecular formula is C16H24Si. The predicted molar refractivity (Wildman–Crippen MR) is 79.5 cm³/mol. The smallest absolute Gasteiger partial charge is 0.0853 e. The second-order valence-electron chi connectivity index (χ2n) is 6.10. The van der Waals surface area contributed by atoms with Crippen molar-refractivity contribution in [2.75, 3.05) is 0 Å². The summed E-state index contributed by atoms with van der Waals surface area (Å²) in [7, 11) is -1.43. The van der Waals surface area contributed by atoms with Crippen LogP contribution in [-0.4, -0.2) is 8.07 Å². The van der Waals surface area contributed by atoms with E-state index in [0.29, 0.717) is 5.04 Å². The van der Waals surface area contributed by atoms with E-state index in [-0.39, 0.29) is 0 Å². The predicted octanol–water partition coefficient (Wildman–Crippen LogP) is 4.49. The van der Waals surface area contributed by atoms with Gasteiger partial charge < -0.3 is 0 Å². The SMILES string of the molecule is CC1=CCCCC1(C)[Si](C)(C)c1ccccc1. The van der Waals surface area contributed by atoms with Crippen molar-refractivity contribution < 1.29 is 0 Å². The summed E-state index contributed by atoms with van der Waals surface area (Å²) in [6, 6.07) is 11.2. The monoisotopic (exact) mass is 244 g/mol. The highest BCUT2D eigenvalue weighted by Crippen LogP contribution is 2.50. The molecule has 0 fully saturated rings. The topological polar surface area (TPSA) is 0 Å². The quantitative estimate of drug-likeness (QED) is 0.531. The third-order valence-corrected chi connectivity index (χ3v) is 10.3. The Morgan fingerprint density at radius 2 is 1.76 bits per heavy atom. The van der Waals surface area contributed by atoms with Crippen LogP contribution in [0.3, 0.4) is 0 Å². The lowest BCUT2D eigenvalue weighted by molar-refractivity contribution is 0.554. The van der Waals surface area contributed by atoms with Crippen LogP contribution in [0, 0.1) is 0 Å². The minimum absolute atomic E-state index is 0.437. The molecule has 1 aliphatic carbocycles. The first-order valence-corrected chi connectivity index (χ1v) is 9.71. The summed E-state index contributed by atoms with van der Waals surface area (Å²) < 4.78 is 0. The molecule has 17 heavy (non-hydrogen) atoms. The lowest BCUT2D eigenvalue weighted by Crippen LogP contribution is -2.52. The van der Waals surface area contributed by atoms with E-state index in [0.717, 1.165) is 0 Å². The van der Waals surface area contributed by atoms with Crippen molar-refractivity contribution in [2.45, 2.75) is 51.2 Å². The lowest BCUT2D eigenvalue weighted by atomic mass is 9.89. The van der Waals surface area contributed by atoms with Crippen LogP contribution in [0.1, 0.15) is 33.1 Å². The van der Waals surface area contributed by atoms with E-state index in [1.807, 2.05) is 0 Å². The van der Waals surface area contributed by atoms with Gasteiger partial charge in [0.15, 0.2) is 0 Å². The fraction of sp³-hybridized carbons (Fsp3) is 0.500. The van der Waals surface area contributed by atoms with Crippen molar-refractivity contribution in [2.24, 2.45) is 0 Å². The molecule has 1 aliphatic rings. The Labute approximate surface area is 107 Å². The summed E-state index contributed by atoms with van der Waals surface area (Å²) in [6.07, 6.45) is 6.47. The van der Waals surface area contributed by atoms with Gasteiger partial charge in [0.25, 0.3) is 0 Å². The van der Waals surface area contributed by atoms with Crippen LogP contribution >= 0.6 is 0 Å². The molecule has 0 saturated carbocycles. The van der Waals surface area contributed by atoms with E-state index >= 15 is 0 Å². The van der Waals surface area contributed by atoms with E-state index in [2.05, 4.69) is 63.3 Å². The van der Waals surface area contributed by atoms with Gasteiger partial charge in [-0.3, -0.25) is 0 Å². The fourth-order valence-electron chi connectivity index (χ4n) is 3.18. The molecule has 0 spiro atoms. The molecule has 1 aromatic rings. The first kappa shape index (κ1) is 12.6. The van der Waals surface area contributed by atoms with Gasteiger partial charge in [-0.1, -0.05) is 67.2 Å². The normalized spacial score (nSPS) is 25.5. The fourth-order valence-corrected chi connectivity index (χ4v) is 6.73. The van der Waals surface area contributed by atoms with Crippen LogP contribution in [0.4, 0.5) is 0 Å². The van der Waals surface area contributed by atoms with Crippen LogP contribution in [0.25, 0.3) is 0 Å². The molecule has 0 saturated heterocycles. The average Bonchev–Trinajstić information content (AvgIpc) is 2.34. The Bertz CT molecular complexity index is 416. The molecule has 2 rings (SSSR count). The minimum Gasteiger partial charge on any atom is -0.0853 e. The summed E-state index contributed by atoms with van der Waals surface area (Å²) in [4.78, 5) is 0. The molecule has 0 aromatic heterocycles. The maximum atomic E-state index is 2.53. The molecule has 0 bridgehead atoms. The van der Waals surface area contributed by atoms with Crippen molar-refractivity contribution in [3.8, 4) is 0 Å². The number of allylic oxidation sites excluding steroid dienone is 2. The highest BCUT2D eigenvalue weighted by atomic mass is 28.3. The molecular weight excluding hydrogens is 220 g/mol. The van der Waals surface area contributed by atoms with Crippen LogP contribution in [0.5, 0.6) is 0 Å². The summed E-state index contributed by atoms with van der Waals surface area (Å²) in [6.45, 7) is 9.91. The molecule has 0 heterocycles. The molecule has 0 nitrogen and oxygen atoms in total. The zero-order valence-electron chi connectivity index (χ0n) is 11.6. The maximum Gasteiger partial charge on any atom is 0.0904 e. The zero-order valence-corrected chi connectivity index (χ0v) is 12.6. The summed E-state index contributed by atoms with van der Waals surface area (Å²) in [5.74, 6) is 0. The Balaban J connectivity index is 2.44. The van der Waals surface area contributed by atoms with E-state index in [9.17, 15) is 0 Å². The Morgan fingerprint density at radius 3 is 2.35 bits per heavy atom. The lowest BCUT2D eigenvalue weighted by Gasteiger charge is -2.46. The highest BCUT2D eigenvalue weighted by molar-refractivity contribution is 6.92. The second kappa shape index (κ2) is 4.45. The summed E-state index contributed by atoms with van der Waals surface area (Å²) >= 11 is 0. The van der Waals surface area contributed by atoms with E-state index in [4.69, 9.17) is 0 Å². The number of rotatable bonds is 2. The maximum absolute atomic E-state index is 2.53. The van der Waals surface area contributed by atoms with Crippen molar-refractivity contribution in [3.05, 3.63) is 42.0 Å². The Hall–Kier alpha value is -0.823. The van der Waals surface area contributed by atoms with Gasteiger partial charge in [0.2, 0.25) is 0 Å². The van der Waals surface area contributed by atoms with Gasteiger partial charge in [-0.2, -0.15) is 0 Å². The van der Waals surface area contributed by atoms with Crippen LogP contribution in [0.15, 0.2) is 42.0 Å². The molecule has 1 atom stereocenters. The first-order chi connectivity index (χ1) is 7.98. The Kier molecular flexibility index (Phi) is 3.31. The van der Waals surface area contributed by atoms with Crippen molar-refractivity contribution in [1.29, 1.82) is 0 Å². The number of hydrogen-bond acceptors (Lipinski definition) is 0. The van der Waals surface area contributed by atoms with Gasteiger partial charge in [-0.15, -0.1) is 0 Å². The zero-order chi connectivity index (χ0) is 12.5. The van der Waals surface area contributed by atoms with Gasteiger partial charge in [0.05, 0.1) is 8.07 Å². The van der Waals surface area contributed by atoms with Gasteiger partial charge in [-0.25, -0.2) is 0 Å². The molecule has 0 amide bonds. The van der Waals surface area contributed by atoms with Crippen LogP contribution in [0.2, 0.25) is 18.1 Å². The van der Waals surface area contributed by atoms with Gasteiger partial charge in [0, 0.05) is 0 Å². The van der Waals surface area contributed by atoms with Crippen molar-refractivity contribution in [3.63, 3.8) is 0 Å². The van der Waals surface area contributed by atoms with E-state index in [1.54, 1.807) is 10.8 Å². The molecule has 92 valence electrons. The average molecular weight is 244 g/mol. The van der Waals surface area contributed by atoms with Crippen LogP contribution in [-0.2, 0) is 0 Å². The largest absolute Gasteiger partial charge is 0.0904 e. The van der Waals surface area contributed by atoms with Gasteiger partial charge >= 0.3 is 0 Å². The first-order valence-electron chi connectivity index (χ1n) is 6.71. The molecule has 0 N–H and O–H groups in total. The number of benzene rings is 1. The minimum atomic E-state index is -1.43. The summed E-state index contributed by atoms with van der Waals surface area (Å²) in [5, 5.41) is 2.03. The third kappa shape index (κ3) is 2.01. The number of hydrogen-bond donors (Lipinski definition) is 0. The van der Waals surface area contributed by atoms with E-state index in [1.165, 1.54) is 19.3 Å². The highest BCUT2D eigenvalue weighted by Gasteiger charge is 2.45. The summed E-state index contributed by atoms with van der Waals surface area (Å²) in [5.41, 5.74) is 1.63. The van der Waals surface area contributed by atoms with Crippen LogP contribution < -0.4 is 5.19 Å². The van der Waals surface area contributed by atoms with Gasteiger partial charge in [0.1, 0.15) is 0 Å². The molecule has 0 aliphatic heterocycles. The third-order valence-electron chi connectivity index (χ3n) is 5.08. The standard InChI is InChI=1S/C16H24Si/c1-14-10-8-9-13-16(14,2)17(3,4)15-11-6-5-7-12-15/h5-7,10-12H,8-9,13H2,1-4H3. The Morgan fingerprint density at radius 1 is 1.12 bits per heavy atom.